The molecule has 200 valence electrons. The number of anilines is 1. The van der Waals surface area contributed by atoms with E-state index in [2.05, 4.69) is 11.4 Å². The Morgan fingerprint density at radius 2 is 1.74 bits per heavy atom. The molecule has 1 amide bonds. The summed E-state index contributed by atoms with van der Waals surface area (Å²) in [4.78, 5) is 30.6. The molecule has 2 aromatic carbocycles. The van der Waals surface area contributed by atoms with Crippen LogP contribution in [-0.4, -0.2) is 17.0 Å². The first-order valence-electron chi connectivity index (χ1n) is 13.2. The molecule has 0 atom stereocenters. The molecule has 1 N–H and O–H groups in total. The number of amides is 1. The number of nitrogens with zero attached hydrogens (tertiary/aromatic N) is 2. The van der Waals surface area contributed by atoms with E-state index in [-0.39, 0.29) is 11.6 Å². The van der Waals surface area contributed by atoms with Gasteiger partial charge in [-0.25, -0.2) is 4.99 Å². The van der Waals surface area contributed by atoms with Crippen LogP contribution >= 0.6 is 11.3 Å². The Morgan fingerprint density at radius 3 is 2.49 bits per heavy atom. The Hall–Kier alpha value is -4.04. The summed E-state index contributed by atoms with van der Waals surface area (Å²) in [5.74, 6) is 0.887. The van der Waals surface area contributed by atoms with Crippen LogP contribution in [0.5, 0.6) is 0 Å². The number of aryl methyl sites for hydroxylation is 4. The van der Waals surface area contributed by atoms with E-state index in [9.17, 15) is 14.9 Å². The van der Waals surface area contributed by atoms with Gasteiger partial charge in [0.25, 0.3) is 11.6 Å². The molecule has 0 bridgehead atoms. The summed E-state index contributed by atoms with van der Waals surface area (Å²) < 4.78 is 5.96. The molecule has 8 heteroatoms. The van der Waals surface area contributed by atoms with Gasteiger partial charge in [-0.15, -0.1) is 11.3 Å². The van der Waals surface area contributed by atoms with Gasteiger partial charge in [-0.05, 0) is 87.4 Å². The summed E-state index contributed by atoms with van der Waals surface area (Å²) in [6.07, 6.45) is 7.98. The zero-order chi connectivity index (χ0) is 27.5. The summed E-state index contributed by atoms with van der Waals surface area (Å²) in [6, 6.07) is 14.6. The van der Waals surface area contributed by atoms with Gasteiger partial charge < -0.3 is 9.73 Å². The standard InChI is InChI=1S/C31H31N3O4S/c1-19-14-20(2)16-23(15-19)33-30(35)29-25-8-6-4-5-7-9-28(25)39-31(29)32-18-24-12-13-27(38-24)22-11-10-21(3)26(17-22)34(36)37/h10-18H,4-9H2,1-3H3,(H,33,35). The van der Waals surface area contributed by atoms with Crippen LogP contribution in [0.1, 0.15) is 68.9 Å². The van der Waals surface area contributed by atoms with Crippen molar-refractivity contribution in [1.29, 1.82) is 0 Å². The summed E-state index contributed by atoms with van der Waals surface area (Å²) in [5, 5.41) is 15.1. The van der Waals surface area contributed by atoms with Gasteiger partial charge in [-0.1, -0.05) is 31.0 Å². The molecule has 2 heterocycles. The van der Waals surface area contributed by atoms with Crippen LogP contribution in [-0.2, 0) is 12.8 Å². The lowest BCUT2D eigenvalue weighted by atomic mass is 9.96. The summed E-state index contributed by atoms with van der Waals surface area (Å²) >= 11 is 1.58. The van der Waals surface area contributed by atoms with Crippen molar-refractivity contribution in [3.63, 3.8) is 0 Å². The van der Waals surface area contributed by atoms with E-state index in [1.807, 2.05) is 26.0 Å². The number of benzene rings is 2. The highest BCUT2D eigenvalue weighted by atomic mass is 32.1. The number of hydrogen-bond donors (Lipinski definition) is 1. The number of thiophene rings is 1. The van der Waals surface area contributed by atoms with E-state index in [1.54, 1.807) is 48.7 Å². The van der Waals surface area contributed by atoms with Crippen molar-refractivity contribution >= 4 is 39.8 Å². The van der Waals surface area contributed by atoms with Crippen molar-refractivity contribution in [1.82, 2.24) is 0 Å². The Labute approximate surface area is 231 Å². The third kappa shape index (κ3) is 6.01. The van der Waals surface area contributed by atoms with Gasteiger partial charge in [0, 0.05) is 27.8 Å². The average molecular weight is 542 g/mol. The number of nitro benzene ring substituents is 1. The summed E-state index contributed by atoms with van der Waals surface area (Å²) in [6.45, 7) is 5.75. The first-order chi connectivity index (χ1) is 18.8. The number of hydrogen-bond acceptors (Lipinski definition) is 6. The quantitative estimate of drug-likeness (QED) is 0.150. The van der Waals surface area contributed by atoms with E-state index in [4.69, 9.17) is 9.41 Å². The van der Waals surface area contributed by atoms with Crippen LogP contribution in [0.2, 0.25) is 0 Å². The van der Waals surface area contributed by atoms with E-state index in [1.165, 1.54) is 23.8 Å². The maximum atomic E-state index is 13.6. The van der Waals surface area contributed by atoms with Crippen LogP contribution < -0.4 is 5.32 Å². The molecule has 1 aliphatic carbocycles. The first-order valence-corrected chi connectivity index (χ1v) is 14.0. The number of rotatable bonds is 6. The number of aliphatic imine (C=N–C) groups is 1. The lowest BCUT2D eigenvalue weighted by molar-refractivity contribution is -0.385. The van der Waals surface area contributed by atoms with Crippen LogP contribution in [0.3, 0.4) is 0 Å². The number of nitrogens with one attached hydrogen (secondary N) is 1. The van der Waals surface area contributed by atoms with Gasteiger partial charge >= 0.3 is 0 Å². The molecule has 4 aromatic rings. The number of nitro groups is 1. The molecule has 0 saturated carbocycles. The van der Waals surface area contributed by atoms with Gasteiger partial charge in [0.05, 0.1) is 16.7 Å². The molecule has 0 saturated heterocycles. The highest BCUT2D eigenvalue weighted by Crippen LogP contribution is 2.39. The van der Waals surface area contributed by atoms with Crippen LogP contribution in [0.25, 0.3) is 11.3 Å². The predicted molar refractivity (Wildman–Crippen MR) is 157 cm³/mol. The summed E-state index contributed by atoms with van der Waals surface area (Å²) in [7, 11) is 0. The molecule has 0 fully saturated rings. The Morgan fingerprint density at radius 1 is 1.00 bits per heavy atom. The van der Waals surface area contributed by atoms with Crippen molar-refractivity contribution in [2.45, 2.75) is 59.3 Å². The van der Waals surface area contributed by atoms with E-state index < -0.39 is 4.92 Å². The fourth-order valence-electron chi connectivity index (χ4n) is 5.13. The van der Waals surface area contributed by atoms with E-state index >= 15 is 0 Å². The number of fused-ring (bicyclic) bond motifs is 1. The van der Waals surface area contributed by atoms with Crippen molar-refractivity contribution in [3.8, 4) is 11.3 Å². The summed E-state index contributed by atoms with van der Waals surface area (Å²) in [5.41, 5.74) is 6.00. The second-order valence-corrected chi connectivity index (χ2v) is 11.2. The molecular weight excluding hydrogens is 510 g/mol. The van der Waals surface area contributed by atoms with Crippen LogP contribution in [0, 0.1) is 30.9 Å². The number of furan rings is 1. The number of carbonyl (C=O) groups excluding carboxylic acids is 1. The SMILES string of the molecule is Cc1cc(C)cc(NC(=O)c2c(N=Cc3ccc(-c4ccc(C)c([N+](=O)[O-])c4)o3)sc3c2CCCCCC3)c1. The zero-order valence-electron chi connectivity index (χ0n) is 22.4. The zero-order valence-corrected chi connectivity index (χ0v) is 23.2. The Balaban J connectivity index is 1.46. The van der Waals surface area contributed by atoms with Gasteiger partial charge in [-0.3, -0.25) is 14.9 Å². The van der Waals surface area contributed by atoms with E-state index in [0.29, 0.717) is 33.2 Å². The van der Waals surface area contributed by atoms with Crippen molar-refractivity contribution in [2.24, 2.45) is 4.99 Å². The van der Waals surface area contributed by atoms with Gasteiger partial charge in [0.1, 0.15) is 16.5 Å². The first kappa shape index (κ1) is 26.6. The average Bonchev–Trinajstić information content (AvgIpc) is 3.46. The van der Waals surface area contributed by atoms with Crippen molar-refractivity contribution < 1.29 is 14.1 Å². The molecular formula is C31H31N3O4S. The fourth-order valence-corrected chi connectivity index (χ4v) is 6.36. The monoisotopic (exact) mass is 541 g/mol. The Kier molecular flexibility index (Phi) is 7.74. The van der Waals surface area contributed by atoms with Gasteiger partial charge in [0.2, 0.25) is 0 Å². The van der Waals surface area contributed by atoms with Crippen molar-refractivity contribution in [3.05, 3.63) is 97.1 Å². The fraction of sp³-hybridized carbons (Fsp3) is 0.290. The third-order valence-corrected chi connectivity index (χ3v) is 8.19. The molecule has 0 aliphatic heterocycles. The maximum absolute atomic E-state index is 13.6. The minimum Gasteiger partial charge on any atom is -0.455 e. The largest absolute Gasteiger partial charge is 0.455 e. The second kappa shape index (κ2) is 11.4. The molecule has 2 aromatic heterocycles. The topological polar surface area (TPSA) is 97.7 Å². The van der Waals surface area contributed by atoms with Gasteiger partial charge in [-0.2, -0.15) is 0 Å². The minimum atomic E-state index is -0.391. The predicted octanol–water partition coefficient (Wildman–Crippen LogP) is 8.50. The highest BCUT2D eigenvalue weighted by molar-refractivity contribution is 7.16. The van der Waals surface area contributed by atoms with E-state index in [0.717, 1.165) is 48.1 Å². The molecule has 7 nitrogen and oxygen atoms in total. The van der Waals surface area contributed by atoms with Crippen LogP contribution in [0.15, 0.2) is 57.9 Å². The molecule has 1 aliphatic rings. The molecule has 39 heavy (non-hydrogen) atoms. The lowest BCUT2D eigenvalue weighted by Gasteiger charge is -2.12. The second-order valence-electron chi connectivity index (χ2n) is 10.1. The lowest BCUT2D eigenvalue weighted by Crippen LogP contribution is -2.14. The third-order valence-electron chi connectivity index (χ3n) is 6.99. The minimum absolute atomic E-state index is 0.0505. The molecule has 0 spiro atoms. The molecule has 0 radical (unpaired) electrons. The maximum Gasteiger partial charge on any atom is 0.273 e. The normalized spacial score (nSPS) is 13.6. The van der Waals surface area contributed by atoms with Crippen LogP contribution in [0.4, 0.5) is 16.4 Å². The smallest absolute Gasteiger partial charge is 0.273 e. The molecule has 5 rings (SSSR count). The molecule has 0 unspecified atom stereocenters. The highest BCUT2D eigenvalue weighted by Gasteiger charge is 2.24. The Bertz CT molecular complexity index is 1560. The van der Waals surface area contributed by atoms with Gasteiger partial charge in [0.15, 0.2) is 0 Å². The van der Waals surface area contributed by atoms with Crippen molar-refractivity contribution in [2.75, 3.05) is 5.32 Å². The number of carbonyl (C=O) groups is 1.